The number of nitrogens with zero attached hydrogens (tertiary/aromatic N) is 3. The molecule has 0 saturated carbocycles. The van der Waals surface area contributed by atoms with Crippen LogP contribution in [0.15, 0.2) is 24.7 Å². The molecule has 0 aliphatic heterocycles. The molecule has 0 atom stereocenters. The van der Waals surface area contributed by atoms with E-state index in [0.717, 1.165) is 24.2 Å². The number of aromatic nitrogens is 3. The molecule has 4 nitrogen and oxygen atoms in total. The number of hydrogen-bond acceptors (Lipinski definition) is 3. The Balaban J connectivity index is 2.10. The number of rotatable bonds is 3. The van der Waals surface area contributed by atoms with Crippen LogP contribution < -0.4 is 5.73 Å². The maximum Gasteiger partial charge on any atom is 0.126 e. The van der Waals surface area contributed by atoms with Gasteiger partial charge in [0.15, 0.2) is 0 Å². The summed E-state index contributed by atoms with van der Waals surface area (Å²) < 4.78 is 1.99. The van der Waals surface area contributed by atoms with Crippen molar-refractivity contribution in [3.05, 3.63) is 41.1 Å². The van der Waals surface area contributed by atoms with E-state index < -0.39 is 0 Å². The van der Waals surface area contributed by atoms with E-state index >= 15 is 0 Å². The monoisotopic (exact) mass is 236 g/mol. The Bertz CT molecular complexity index is 492. The summed E-state index contributed by atoms with van der Waals surface area (Å²) in [6.07, 6.45) is 6.89. The van der Waals surface area contributed by atoms with Gasteiger partial charge in [0.1, 0.15) is 11.6 Å². The summed E-state index contributed by atoms with van der Waals surface area (Å²) in [4.78, 5) is 8.27. The van der Waals surface area contributed by atoms with Crippen molar-refractivity contribution >= 4 is 17.4 Å². The van der Waals surface area contributed by atoms with E-state index in [-0.39, 0.29) is 0 Å². The number of hydrogen-bond donors (Lipinski definition) is 1. The van der Waals surface area contributed by atoms with Crippen molar-refractivity contribution in [1.29, 1.82) is 0 Å². The average Bonchev–Trinajstić information content (AvgIpc) is 2.66. The van der Waals surface area contributed by atoms with Crippen LogP contribution in [0.1, 0.15) is 11.4 Å². The van der Waals surface area contributed by atoms with Crippen LogP contribution in [0.5, 0.6) is 0 Å². The molecule has 2 aromatic heterocycles. The van der Waals surface area contributed by atoms with Crippen molar-refractivity contribution < 1.29 is 0 Å². The standard InChI is InChI=1S/C11H13ClN4/c1-16-5-4-14-10(16)3-2-8-6-9(12)7-15-11(8)13/h4-7H,2-3H2,1H3,(H2,13,15). The Hall–Kier alpha value is -1.55. The highest BCUT2D eigenvalue weighted by Crippen LogP contribution is 2.16. The Morgan fingerprint density at radius 2 is 2.19 bits per heavy atom. The minimum atomic E-state index is 0.540. The van der Waals surface area contributed by atoms with Crippen molar-refractivity contribution in [2.75, 3.05) is 5.73 Å². The second-order valence-electron chi connectivity index (χ2n) is 3.65. The molecule has 0 unspecified atom stereocenters. The van der Waals surface area contributed by atoms with E-state index in [1.54, 1.807) is 12.4 Å². The number of nitrogen functional groups attached to an aromatic ring is 1. The molecule has 2 heterocycles. The lowest BCUT2D eigenvalue weighted by Gasteiger charge is -2.05. The first-order valence-electron chi connectivity index (χ1n) is 5.03. The van der Waals surface area contributed by atoms with Crippen molar-refractivity contribution in [3.63, 3.8) is 0 Å². The zero-order chi connectivity index (χ0) is 11.5. The Labute approximate surface area is 99.1 Å². The number of imidazole rings is 1. The van der Waals surface area contributed by atoms with Gasteiger partial charge in [-0.2, -0.15) is 0 Å². The lowest BCUT2D eigenvalue weighted by Crippen LogP contribution is -2.03. The summed E-state index contributed by atoms with van der Waals surface area (Å²) >= 11 is 5.87. The highest BCUT2D eigenvalue weighted by Gasteiger charge is 2.04. The summed E-state index contributed by atoms with van der Waals surface area (Å²) in [5, 5.41) is 0.615. The third-order valence-electron chi connectivity index (χ3n) is 2.51. The molecule has 5 heteroatoms. The van der Waals surface area contributed by atoms with Gasteiger partial charge in [-0.05, 0) is 18.1 Å². The molecule has 0 spiro atoms. The van der Waals surface area contributed by atoms with Gasteiger partial charge in [0.05, 0.1) is 5.02 Å². The number of anilines is 1. The Kier molecular flexibility index (Phi) is 3.10. The molecular formula is C11H13ClN4. The minimum absolute atomic E-state index is 0.540. The van der Waals surface area contributed by atoms with E-state index in [9.17, 15) is 0 Å². The molecule has 2 N–H and O–H groups in total. The molecule has 16 heavy (non-hydrogen) atoms. The van der Waals surface area contributed by atoms with Gasteiger partial charge in [-0.1, -0.05) is 11.6 Å². The first-order valence-corrected chi connectivity index (χ1v) is 5.40. The SMILES string of the molecule is Cn1ccnc1CCc1cc(Cl)cnc1N. The van der Waals surface area contributed by atoms with Crippen molar-refractivity contribution in [2.45, 2.75) is 12.8 Å². The number of aryl methyl sites for hydroxylation is 3. The smallest absolute Gasteiger partial charge is 0.126 e. The van der Waals surface area contributed by atoms with Gasteiger partial charge >= 0.3 is 0 Å². The van der Waals surface area contributed by atoms with Crippen molar-refractivity contribution in [2.24, 2.45) is 7.05 Å². The lowest BCUT2D eigenvalue weighted by molar-refractivity contribution is 0.771. The molecule has 84 valence electrons. The van der Waals surface area contributed by atoms with Gasteiger partial charge in [-0.25, -0.2) is 9.97 Å². The molecule has 2 rings (SSSR count). The van der Waals surface area contributed by atoms with E-state index in [2.05, 4.69) is 9.97 Å². The molecule has 0 aromatic carbocycles. The molecule has 0 saturated heterocycles. The number of nitrogens with two attached hydrogens (primary N) is 1. The summed E-state index contributed by atoms with van der Waals surface area (Å²) in [5.74, 6) is 1.57. The van der Waals surface area contributed by atoms with Gasteiger partial charge in [0, 0.05) is 32.1 Å². The van der Waals surface area contributed by atoms with E-state index in [0.29, 0.717) is 10.8 Å². The third-order valence-corrected chi connectivity index (χ3v) is 2.71. The van der Waals surface area contributed by atoms with Gasteiger partial charge in [-0.15, -0.1) is 0 Å². The van der Waals surface area contributed by atoms with Crippen LogP contribution in [0.3, 0.4) is 0 Å². The van der Waals surface area contributed by atoms with Crippen LogP contribution in [0.4, 0.5) is 5.82 Å². The molecule has 0 radical (unpaired) electrons. The molecule has 0 fully saturated rings. The predicted octanol–water partition coefficient (Wildman–Crippen LogP) is 1.84. The fourth-order valence-electron chi connectivity index (χ4n) is 1.58. The number of pyridine rings is 1. The van der Waals surface area contributed by atoms with Gasteiger partial charge < -0.3 is 10.3 Å². The first-order chi connectivity index (χ1) is 7.66. The normalized spacial score (nSPS) is 10.6. The zero-order valence-electron chi connectivity index (χ0n) is 9.02. The van der Waals surface area contributed by atoms with Crippen molar-refractivity contribution in [1.82, 2.24) is 14.5 Å². The van der Waals surface area contributed by atoms with Crippen LogP contribution in [0.2, 0.25) is 5.02 Å². The van der Waals surface area contributed by atoms with Crippen LogP contribution >= 0.6 is 11.6 Å². The van der Waals surface area contributed by atoms with Crippen LogP contribution in [-0.2, 0) is 19.9 Å². The zero-order valence-corrected chi connectivity index (χ0v) is 9.78. The summed E-state index contributed by atoms with van der Waals surface area (Å²) in [7, 11) is 1.97. The highest BCUT2D eigenvalue weighted by atomic mass is 35.5. The second-order valence-corrected chi connectivity index (χ2v) is 4.09. The van der Waals surface area contributed by atoms with Crippen LogP contribution in [0, 0.1) is 0 Å². The van der Waals surface area contributed by atoms with Crippen molar-refractivity contribution in [3.8, 4) is 0 Å². The van der Waals surface area contributed by atoms with Gasteiger partial charge in [0.2, 0.25) is 0 Å². The van der Waals surface area contributed by atoms with E-state index in [1.807, 2.05) is 23.9 Å². The third kappa shape index (κ3) is 2.33. The minimum Gasteiger partial charge on any atom is -0.383 e. The van der Waals surface area contributed by atoms with Crippen LogP contribution in [0.25, 0.3) is 0 Å². The van der Waals surface area contributed by atoms with Crippen LogP contribution in [-0.4, -0.2) is 14.5 Å². The maximum absolute atomic E-state index is 5.87. The Morgan fingerprint density at radius 3 is 2.88 bits per heavy atom. The molecule has 0 aliphatic rings. The molecule has 0 bridgehead atoms. The van der Waals surface area contributed by atoms with E-state index in [4.69, 9.17) is 17.3 Å². The fourth-order valence-corrected chi connectivity index (χ4v) is 1.76. The summed E-state index contributed by atoms with van der Waals surface area (Å²) in [6.45, 7) is 0. The molecule has 2 aromatic rings. The Morgan fingerprint density at radius 1 is 1.38 bits per heavy atom. The molecule has 0 amide bonds. The van der Waals surface area contributed by atoms with E-state index in [1.165, 1.54) is 0 Å². The number of halogens is 1. The van der Waals surface area contributed by atoms with Gasteiger partial charge in [-0.3, -0.25) is 0 Å². The quantitative estimate of drug-likeness (QED) is 0.885. The maximum atomic E-state index is 5.87. The fraction of sp³-hybridized carbons (Fsp3) is 0.273. The average molecular weight is 237 g/mol. The second kappa shape index (κ2) is 4.53. The topological polar surface area (TPSA) is 56.7 Å². The highest BCUT2D eigenvalue weighted by molar-refractivity contribution is 6.30. The largest absolute Gasteiger partial charge is 0.383 e. The van der Waals surface area contributed by atoms with Gasteiger partial charge in [0.25, 0.3) is 0 Å². The summed E-state index contributed by atoms with van der Waals surface area (Å²) in [6, 6.07) is 1.85. The first kappa shape index (κ1) is 11.0. The molecule has 0 aliphatic carbocycles. The predicted molar refractivity (Wildman–Crippen MR) is 64.3 cm³/mol. The summed E-state index contributed by atoms with van der Waals surface area (Å²) in [5.41, 5.74) is 6.74. The molecular weight excluding hydrogens is 224 g/mol. The lowest BCUT2D eigenvalue weighted by atomic mass is 10.1.